The molecular weight excluding hydrogens is 426 g/mol. The Labute approximate surface area is 189 Å². The van der Waals surface area contributed by atoms with E-state index in [1.807, 2.05) is 43.3 Å². The molecule has 0 fully saturated rings. The highest BCUT2D eigenvalue weighted by molar-refractivity contribution is 7.99. The number of carbonyl (C=O) groups excluding carboxylic acids is 2. The van der Waals surface area contributed by atoms with Gasteiger partial charge in [-0.1, -0.05) is 11.8 Å². The lowest BCUT2D eigenvalue weighted by Gasteiger charge is -2.06. The van der Waals surface area contributed by atoms with Crippen LogP contribution >= 0.6 is 11.8 Å². The Bertz CT molecular complexity index is 1250. The summed E-state index contributed by atoms with van der Waals surface area (Å²) in [5.41, 5.74) is 2.73. The van der Waals surface area contributed by atoms with Crippen LogP contribution in [0.15, 0.2) is 65.7 Å². The monoisotopic (exact) mass is 447 g/mol. The molecule has 4 aromatic rings. The number of rotatable bonds is 8. The normalized spacial score (nSPS) is 10.8. The number of hydrogen-bond donors (Lipinski definition) is 1. The summed E-state index contributed by atoms with van der Waals surface area (Å²) in [5.74, 6) is 1.41. The Morgan fingerprint density at radius 2 is 1.75 bits per heavy atom. The van der Waals surface area contributed by atoms with Crippen LogP contribution in [0.25, 0.3) is 17.0 Å². The summed E-state index contributed by atoms with van der Waals surface area (Å²) in [6.45, 7) is 4.05. The SMILES string of the molecule is CCOc1ccc(-c2nnc3ccc(SCC(=O)Nc4ccc(C(C)=O)cc4)nn23)cc1. The topological polar surface area (TPSA) is 98.5 Å². The number of carbonyl (C=O) groups is 2. The molecule has 2 aromatic heterocycles. The minimum absolute atomic E-state index is 0.0153. The maximum atomic E-state index is 12.3. The van der Waals surface area contributed by atoms with Crippen molar-refractivity contribution in [3.05, 3.63) is 66.2 Å². The second-order valence-corrected chi connectivity index (χ2v) is 7.89. The smallest absolute Gasteiger partial charge is 0.234 e. The second-order valence-electron chi connectivity index (χ2n) is 6.89. The Morgan fingerprint density at radius 1 is 1.00 bits per heavy atom. The van der Waals surface area contributed by atoms with Crippen molar-refractivity contribution < 1.29 is 14.3 Å². The van der Waals surface area contributed by atoms with Crippen molar-refractivity contribution in [2.45, 2.75) is 18.9 Å². The van der Waals surface area contributed by atoms with E-state index < -0.39 is 0 Å². The van der Waals surface area contributed by atoms with E-state index >= 15 is 0 Å². The molecule has 0 atom stereocenters. The van der Waals surface area contributed by atoms with Crippen LogP contribution in [0, 0.1) is 0 Å². The standard InChI is InChI=1S/C23H21N5O3S/c1-3-31-19-10-6-17(7-11-19)23-26-25-20-12-13-22(27-28(20)23)32-14-21(30)24-18-8-4-16(5-9-18)15(2)29/h4-13H,3,14H2,1-2H3,(H,24,30). The van der Waals surface area contributed by atoms with E-state index in [2.05, 4.69) is 20.6 Å². The average molecular weight is 448 g/mol. The Hall–Kier alpha value is -3.72. The molecule has 4 rings (SSSR count). The second kappa shape index (κ2) is 9.61. The van der Waals surface area contributed by atoms with Crippen LogP contribution in [0.1, 0.15) is 24.2 Å². The summed E-state index contributed by atoms with van der Waals surface area (Å²) < 4.78 is 7.15. The number of amides is 1. The van der Waals surface area contributed by atoms with Crippen LogP contribution in [0.5, 0.6) is 5.75 Å². The van der Waals surface area contributed by atoms with Crippen molar-refractivity contribution in [2.75, 3.05) is 17.7 Å². The summed E-state index contributed by atoms with van der Waals surface area (Å²) in [7, 11) is 0. The highest BCUT2D eigenvalue weighted by Gasteiger charge is 2.12. The molecule has 1 N–H and O–H groups in total. The van der Waals surface area contributed by atoms with Crippen molar-refractivity contribution in [3.63, 3.8) is 0 Å². The number of thioether (sulfide) groups is 1. The molecule has 1 amide bonds. The molecule has 0 bridgehead atoms. The van der Waals surface area contributed by atoms with Gasteiger partial charge in [-0.3, -0.25) is 9.59 Å². The first kappa shape index (κ1) is 21.5. The number of Topliss-reactive ketones (excluding diaryl/α,β-unsaturated/α-hetero) is 1. The first-order chi connectivity index (χ1) is 15.5. The fourth-order valence-electron chi connectivity index (χ4n) is 3.02. The number of ether oxygens (including phenoxy) is 1. The van der Waals surface area contributed by atoms with Gasteiger partial charge in [-0.05, 0) is 74.5 Å². The van der Waals surface area contributed by atoms with Crippen LogP contribution in [0.4, 0.5) is 5.69 Å². The molecule has 0 aliphatic heterocycles. The van der Waals surface area contributed by atoms with Crippen molar-refractivity contribution in [3.8, 4) is 17.1 Å². The third-order valence-electron chi connectivity index (χ3n) is 4.59. The third kappa shape index (κ3) is 4.94. The third-order valence-corrected chi connectivity index (χ3v) is 5.51. The first-order valence-electron chi connectivity index (χ1n) is 10.0. The van der Waals surface area contributed by atoms with Gasteiger partial charge < -0.3 is 10.1 Å². The van der Waals surface area contributed by atoms with E-state index in [0.717, 1.165) is 11.3 Å². The highest BCUT2D eigenvalue weighted by Crippen LogP contribution is 2.23. The minimum Gasteiger partial charge on any atom is -0.494 e. The fraction of sp³-hybridized carbons (Fsp3) is 0.174. The highest BCUT2D eigenvalue weighted by atomic mass is 32.2. The van der Waals surface area contributed by atoms with Crippen LogP contribution in [-0.2, 0) is 4.79 Å². The Balaban J connectivity index is 1.44. The van der Waals surface area contributed by atoms with Gasteiger partial charge >= 0.3 is 0 Å². The van der Waals surface area contributed by atoms with Gasteiger partial charge in [0.05, 0.1) is 12.4 Å². The minimum atomic E-state index is -0.164. The van der Waals surface area contributed by atoms with Crippen molar-refractivity contribution in [1.29, 1.82) is 0 Å². The quantitative estimate of drug-likeness (QED) is 0.320. The van der Waals surface area contributed by atoms with E-state index in [9.17, 15) is 9.59 Å². The van der Waals surface area contributed by atoms with Gasteiger partial charge in [-0.25, -0.2) is 0 Å². The zero-order valence-corrected chi connectivity index (χ0v) is 18.4. The number of aromatic nitrogens is 4. The molecule has 9 heteroatoms. The molecule has 8 nitrogen and oxygen atoms in total. The number of ketones is 1. The van der Waals surface area contributed by atoms with Gasteiger partial charge in [0.25, 0.3) is 0 Å². The maximum Gasteiger partial charge on any atom is 0.234 e. The lowest BCUT2D eigenvalue weighted by molar-refractivity contribution is -0.113. The number of fused-ring (bicyclic) bond motifs is 1. The number of hydrogen-bond acceptors (Lipinski definition) is 7. The largest absolute Gasteiger partial charge is 0.494 e. The number of nitrogens with one attached hydrogen (secondary N) is 1. The van der Waals surface area contributed by atoms with Gasteiger partial charge in [0.15, 0.2) is 17.3 Å². The molecule has 2 aromatic carbocycles. The van der Waals surface area contributed by atoms with Crippen LogP contribution in [-0.4, -0.2) is 43.9 Å². The first-order valence-corrected chi connectivity index (χ1v) is 11.0. The van der Waals surface area contributed by atoms with Crippen LogP contribution in [0.2, 0.25) is 0 Å². The summed E-state index contributed by atoms with van der Waals surface area (Å²) in [5, 5.41) is 16.5. The van der Waals surface area contributed by atoms with E-state index in [4.69, 9.17) is 4.74 Å². The van der Waals surface area contributed by atoms with Gasteiger partial charge in [0, 0.05) is 16.8 Å². The van der Waals surface area contributed by atoms with Gasteiger partial charge in [-0.2, -0.15) is 9.61 Å². The van der Waals surface area contributed by atoms with Crippen LogP contribution in [0.3, 0.4) is 0 Å². The zero-order chi connectivity index (χ0) is 22.5. The summed E-state index contributed by atoms with van der Waals surface area (Å²) >= 11 is 1.31. The maximum absolute atomic E-state index is 12.3. The number of anilines is 1. The lowest BCUT2D eigenvalue weighted by atomic mass is 10.1. The lowest BCUT2D eigenvalue weighted by Crippen LogP contribution is -2.14. The van der Waals surface area contributed by atoms with Crippen molar-refractivity contribution in [1.82, 2.24) is 19.8 Å². The molecule has 0 radical (unpaired) electrons. The molecule has 162 valence electrons. The predicted molar refractivity (Wildman–Crippen MR) is 123 cm³/mol. The van der Waals surface area contributed by atoms with Gasteiger partial charge in [0.2, 0.25) is 5.91 Å². The zero-order valence-electron chi connectivity index (χ0n) is 17.6. The van der Waals surface area contributed by atoms with E-state index in [1.165, 1.54) is 18.7 Å². The molecule has 2 heterocycles. The van der Waals surface area contributed by atoms with Gasteiger partial charge in [0.1, 0.15) is 10.8 Å². The predicted octanol–water partition coefficient (Wildman–Crippen LogP) is 4.12. The van der Waals surface area contributed by atoms with Crippen molar-refractivity contribution >= 4 is 34.8 Å². The van der Waals surface area contributed by atoms with Gasteiger partial charge in [-0.15, -0.1) is 10.2 Å². The average Bonchev–Trinajstić information content (AvgIpc) is 3.22. The summed E-state index contributed by atoms with van der Waals surface area (Å²) in [6.07, 6.45) is 0. The summed E-state index contributed by atoms with van der Waals surface area (Å²) in [6, 6.07) is 18.0. The molecule has 0 saturated carbocycles. The van der Waals surface area contributed by atoms with E-state index in [1.54, 1.807) is 28.8 Å². The van der Waals surface area contributed by atoms with E-state index in [-0.39, 0.29) is 17.4 Å². The molecular formula is C23H21N5O3S. The fourth-order valence-corrected chi connectivity index (χ4v) is 3.68. The molecule has 0 aliphatic rings. The molecule has 32 heavy (non-hydrogen) atoms. The molecule has 0 unspecified atom stereocenters. The van der Waals surface area contributed by atoms with E-state index in [0.29, 0.717) is 34.4 Å². The Kier molecular flexibility index (Phi) is 6.46. The molecule has 0 aliphatic carbocycles. The van der Waals surface area contributed by atoms with Crippen LogP contribution < -0.4 is 10.1 Å². The molecule has 0 saturated heterocycles. The number of benzene rings is 2. The Morgan fingerprint density at radius 3 is 2.44 bits per heavy atom. The van der Waals surface area contributed by atoms with Crippen molar-refractivity contribution in [2.24, 2.45) is 0 Å². The number of nitrogens with zero attached hydrogens (tertiary/aromatic N) is 4. The summed E-state index contributed by atoms with van der Waals surface area (Å²) in [4.78, 5) is 23.7. The molecule has 0 spiro atoms.